The van der Waals surface area contributed by atoms with Crippen molar-refractivity contribution in [2.24, 2.45) is 0 Å². The highest BCUT2D eigenvalue weighted by Gasteiger charge is 2.54. The van der Waals surface area contributed by atoms with Gasteiger partial charge in [0.25, 0.3) is 0 Å². The summed E-state index contributed by atoms with van der Waals surface area (Å²) in [4.78, 5) is 0. The summed E-state index contributed by atoms with van der Waals surface area (Å²) in [5, 5.41) is 2.55. The summed E-state index contributed by atoms with van der Waals surface area (Å²) < 4.78 is 16.0. The standard InChI is InChI=1S/C43H34BNO2/c1-41(2)42(3,4)47-44(46-41)29-25-33-31-20-12-14-22-37(31)45-36-21-13-11-19-30(36)32-23-24-34-39(40(32)45)38(33)35(26-29)43(34,27-15-7-5-8-16-27)28-17-9-6-10-18-28/h5-26H,1-4H3. The van der Waals surface area contributed by atoms with Gasteiger partial charge >= 0.3 is 7.12 Å². The maximum absolute atomic E-state index is 6.77. The Kier molecular flexibility index (Phi) is 5.29. The lowest BCUT2D eigenvalue weighted by molar-refractivity contribution is 0.00578. The zero-order valence-electron chi connectivity index (χ0n) is 27.0. The van der Waals surface area contributed by atoms with Gasteiger partial charge in [-0.05, 0) is 78.7 Å². The smallest absolute Gasteiger partial charge is 0.399 e. The minimum atomic E-state index is -0.552. The van der Waals surface area contributed by atoms with Crippen LogP contribution >= 0.6 is 0 Å². The first kappa shape index (κ1) is 27.2. The maximum Gasteiger partial charge on any atom is 0.494 e. The largest absolute Gasteiger partial charge is 0.494 e. The number of benzene rings is 6. The van der Waals surface area contributed by atoms with Crippen molar-refractivity contribution in [2.75, 3.05) is 0 Å². The Labute approximate surface area is 275 Å². The van der Waals surface area contributed by atoms with E-state index in [1.807, 2.05) is 0 Å². The van der Waals surface area contributed by atoms with Gasteiger partial charge in [0.15, 0.2) is 0 Å². The van der Waals surface area contributed by atoms with Crippen LogP contribution in [0.25, 0.3) is 49.7 Å². The van der Waals surface area contributed by atoms with Crippen LogP contribution in [0.4, 0.5) is 0 Å². The zero-order chi connectivity index (χ0) is 31.7. The summed E-state index contributed by atoms with van der Waals surface area (Å²) >= 11 is 0. The van der Waals surface area contributed by atoms with Gasteiger partial charge < -0.3 is 13.9 Å². The first-order valence-electron chi connectivity index (χ1n) is 16.6. The molecule has 1 fully saturated rings. The Bertz CT molecular complexity index is 2370. The molecule has 0 atom stereocenters. The predicted octanol–water partition coefficient (Wildman–Crippen LogP) is 9.43. The number of hydrogen-bond acceptors (Lipinski definition) is 2. The molecule has 0 spiro atoms. The monoisotopic (exact) mass is 607 g/mol. The first-order valence-corrected chi connectivity index (χ1v) is 16.6. The molecular weight excluding hydrogens is 573 g/mol. The molecule has 0 N–H and O–H groups in total. The highest BCUT2D eigenvalue weighted by atomic mass is 16.7. The lowest BCUT2D eigenvalue weighted by Crippen LogP contribution is -2.41. The molecule has 2 aliphatic heterocycles. The number of aromatic nitrogens is 1. The topological polar surface area (TPSA) is 23.4 Å². The van der Waals surface area contributed by atoms with Crippen LogP contribution in [0, 0.1) is 0 Å². The lowest BCUT2D eigenvalue weighted by atomic mass is 9.65. The van der Waals surface area contributed by atoms with E-state index in [1.165, 1.54) is 72.0 Å². The average Bonchev–Trinajstić information content (AvgIpc) is 3.63. The van der Waals surface area contributed by atoms with E-state index in [4.69, 9.17) is 9.31 Å². The van der Waals surface area contributed by atoms with Gasteiger partial charge in [0.1, 0.15) is 0 Å². The Hall–Kier alpha value is -4.90. The lowest BCUT2D eigenvalue weighted by Gasteiger charge is -2.34. The second-order valence-corrected chi connectivity index (χ2v) is 14.3. The third-order valence-electron chi connectivity index (χ3n) is 11.4. The molecule has 0 saturated carbocycles. The van der Waals surface area contributed by atoms with Crippen molar-refractivity contribution in [2.45, 2.75) is 44.3 Å². The molecule has 0 radical (unpaired) electrons. The first-order chi connectivity index (χ1) is 22.8. The van der Waals surface area contributed by atoms with Crippen molar-refractivity contribution < 1.29 is 9.31 Å². The van der Waals surface area contributed by atoms with Gasteiger partial charge in [-0.2, -0.15) is 0 Å². The molecule has 3 nitrogen and oxygen atoms in total. The van der Waals surface area contributed by atoms with Crippen LogP contribution in [0.3, 0.4) is 0 Å². The van der Waals surface area contributed by atoms with E-state index in [0.29, 0.717) is 0 Å². The highest BCUT2D eigenvalue weighted by molar-refractivity contribution is 6.62. The van der Waals surface area contributed by atoms with Gasteiger partial charge in [-0.3, -0.25) is 0 Å². The molecule has 3 aliphatic rings. The highest BCUT2D eigenvalue weighted by Crippen LogP contribution is 2.62. The molecular formula is C43H34BNO2. The van der Waals surface area contributed by atoms with Gasteiger partial charge in [0.2, 0.25) is 0 Å². The van der Waals surface area contributed by atoms with Crippen LogP contribution < -0.4 is 5.46 Å². The van der Waals surface area contributed by atoms with Gasteiger partial charge in [0.05, 0.1) is 33.3 Å². The van der Waals surface area contributed by atoms with Crippen molar-refractivity contribution in [3.8, 4) is 27.9 Å². The van der Waals surface area contributed by atoms with E-state index in [2.05, 4.69) is 166 Å². The Morgan fingerprint density at radius 3 is 1.85 bits per heavy atom. The second-order valence-electron chi connectivity index (χ2n) is 14.3. The third-order valence-corrected chi connectivity index (χ3v) is 11.4. The number of fused-ring (bicyclic) bond motifs is 6. The summed E-state index contributed by atoms with van der Waals surface area (Å²) in [6.07, 6.45) is 0. The number of nitrogens with zero attached hydrogens (tertiary/aromatic N) is 1. The average molecular weight is 608 g/mol. The SMILES string of the molecule is CC1(C)OB(c2cc3c4c(c2)C(c2ccccc2)(c2ccccc2)c2ccc5c6ccccc6n(c5c2-4)-c2ccccc2-3)OC1(C)C. The van der Waals surface area contributed by atoms with Gasteiger partial charge in [-0.1, -0.05) is 121 Å². The summed E-state index contributed by atoms with van der Waals surface area (Å²) in [7, 11) is -0.496. The number of hydrogen-bond donors (Lipinski definition) is 0. The van der Waals surface area contributed by atoms with E-state index in [1.54, 1.807) is 0 Å². The molecule has 3 heterocycles. The molecule has 1 aromatic heterocycles. The van der Waals surface area contributed by atoms with Gasteiger partial charge in [0, 0.05) is 21.9 Å². The van der Waals surface area contributed by atoms with E-state index in [-0.39, 0.29) is 0 Å². The van der Waals surface area contributed by atoms with Crippen molar-refractivity contribution in [1.82, 2.24) is 4.57 Å². The van der Waals surface area contributed by atoms with Gasteiger partial charge in [-0.25, -0.2) is 0 Å². The molecule has 1 aliphatic carbocycles. The van der Waals surface area contributed by atoms with Crippen molar-refractivity contribution in [3.05, 3.63) is 156 Å². The molecule has 0 bridgehead atoms. The van der Waals surface area contributed by atoms with Gasteiger partial charge in [-0.15, -0.1) is 0 Å². The fourth-order valence-electron chi connectivity index (χ4n) is 8.64. The molecule has 1 saturated heterocycles. The Morgan fingerprint density at radius 1 is 0.532 bits per heavy atom. The minimum absolute atomic E-state index is 0.453. The molecule has 10 rings (SSSR count). The molecule has 7 aromatic rings. The molecule has 226 valence electrons. The van der Waals surface area contributed by atoms with Crippen LogP contribution in [-0.2, 0) is 14.7 Å². The molecule has 4 heteroatoms. The molecule has 0 unspecified atom stereocenters. The van der Waals surface area contributed by atoms with E-state index in [0.717, 1.165) is 5.46 Å². The van der Waals surface area contributed by atoms with Crippen LogP contribution in [0.5, 0.6) is 0 Å². The van der Waals surface area contributed by atoms with E-state index >= 15 is 0 Å². The fraction of sp³-hybridized carbons (Fsp3) is 0.163. The normalized spacial score (nSPS) is 17.7. The van der Waals surface area contributed by atoms with E-state index in [9.17, 15) is 0 Å². The predicted molar refractivity (Wildman–Crippen MR) is 193 cm³/mol. The quantitative estimate of drug-likeness (QED) is 0.187. The van der Waals surface area contributed by atoms with Crippen molar-refractivity contribution in [3.63, 3.8) is 0 Å². The molecule has 47 heavy (non-hydrogen) atoms. The Morgan fingerprint density at radius 2 is 1.15 bits per heavy atom. The van der Waals surface area contributed by atoms with E-state index < -0.39 is 23.7 Å². The summed E-state index contributed by atoms with van der Waals surface area (Å²) in [5.74, 6) is 0. The fourth-order valence-corrected chi connectivity index (χ4v) is 8.64. The molecule has 6 aromatic carbocycles. The number of rotatable bonds is 3. The minimum Gasteiger partial charge on any atom is -0.399 e. The third kappa shape index (κ3) is 3.34. The van der Waals surface area contributed by atoms with Crippen molar-refractivity contribution >= 4 is 34.4 Å². The summed E-state index contributed by atoms with van der Waals surface area (Å²) in [6, 6.07) is 49.4. The summed E-state index contributed by atoms with van der Waals surface area (Å²) in [6.45, 7) is 8.53. The molecule has 0 amide bonds. The Balaban J connectivity index is 1.44. The van der Waals surface area contributed by atoms with Crippen LogP contribution in [0.1, 0.15) is 49.9 Å². The van der Waals surface area contributed by atoms with Crippen LogP contribution in [0.15, 0.2) is 133 Å². The summed E-state index contributed by atoms with van der Waals surface area (Å²) in [5.41, 5.74) is 13.4. The number of para-hydroxylation sites is 2. The van der Waals surface area contributed by atoms with Crippen LogP contribution in [0.2, 0.25) is 0 Å². The van der Waals surface area contributed by atoms with Crippen molar-refractivity contribution in [1.29, 1.82) is 0 Å². The second kappa shape index (κ2) is 9.13. The maximum atomic E-state index is 6.77. The van der Waals surface area contributed by atoms with Crippen LogP contribution in [-0.4, -0.2) is 22.9 Å². The zero-order valence-corrected chi connectivity index (χ0v) is 27.0.